The molecule has 4 heteroatoms. The number of anilines is 1. The van der Waals surface area contributed by atoms with E-state index >= 15 is 0 Å². The summed E-state index contributed by atoms with van der Waals surface area (Å²) in [5.41, 5.74) is 2.48. The van der Waals surface area contributed by atoms with Crippen LogP contribution in [0.5, 0.6) is 11.5 Å². The van der Waals surface area contributed by atoms with E-state index in [2.05, 4.69) is 16.3 Å². The highest BCUT2D eigenvalue weighted by Crippen LogP contribution is 2.35. The third-order valence-corrected chi connectivity index (χ3v) is 2.90. The average molecular weight is 236 g/mol. The summed E-state index contributed by atoms with van der Waals surface area (Å²) in [6, 6.07) is 4.11. The number of hydrogen-bond donors (Lipinski definition) is 1. The Hall–Kier alpha value is -1.42. The molecule has 1 aliphatic heterocycles. The molecule has 2 rings (SSSR count). The summed E-state index contributed by atoms with van der Waals surface area (Å²) >= 11 is 0. The standard InChI is InChI=1S/C13H20N2O2/c1-15(2)6-7-17-13-9-11-10(4-5-14-11)8-12(13)16-3/h8-9,14H,4-7H2,1-3H3. The van der Waals surface area contributed by atoms with Gasteiger partial charge in [0.25, 0.3) is 0 Å². The Morgan fingerprint density at radius 1 is 1.29 bits per heavy atom. The third kappa shape index (κ3) is 2.82. The van der Waals surface area contributed by atoms with Crippen LogP contribution in [0.2, 0.25) is 0 Å². The molecule has 0 fully saturated rings. The quantitative estimate of drug-likeness (QED) is 0.842. The van der Waals surface area contributed by atoms with Crippen LogP contribution in [0.1, 0.15) is 5.56 Å². The largest absolute Gasteiger partial charge is 0.493 e. The number of fused-ring (bicyclic) bond motifs is 1. The maximum atomic E-state index is 5.76. The molecule has 17 heavy (non-hydrogen) atoms. The first-order valence-corrected chi connectivity index (χ1v) is 5.93. The van der Waals surface area contributed by atoms with Crippen LogP contribution in [-0.2, 0) is 6.42 Å². The Bertz CT molecular complexity index is 391. The fourth-order valence-electron chi connectivity index (χ4n) is 1.92. The molecule has 94 valence electrons. The number of ether oxygens (including phenoxy) is 2. The predicted octanol–water partition coefficient (Wildman–Crippen LogP) is 1.60. The van der Waals surface area contributed by atoms with Crippen LogP contribution in [0.25, 0.3) is 0 Å². The highest BCUT2D eigenvalue weighted by atomic mass is 16.5. The minimum atomic E-state index is 0.669. The number of likely N-dealkylation sites (N-methyl/N-ethyl adjacent to an activating group) is 1. The monoisotopic (exact) mass is 236 g/mol. The molecule has 0 amide bonds. The highest BCUT2D eigenvalue weighted by Gasteiger charge is 2.15. The first-order chi connectivity index (χ1) is 8.20. The fraction of sp³-hybridized carbons (Fsp3) is 0.538. The normalized spacial score (nSPS) is 13.4. The van der Waals surface area contributed by atoms with Gasteiger partial charge in [0.05, 0.1) is 7.11 Å². The van der Waals surface area contributed by atoms with Gasteiger partial charge in [-0.05, 0) is 32.1 Å². The van der Waals surface area contributed by atoms with Crippen LogP contribution in [0.15, 0.2) is 12.1 Å². The van der Waals surface area contributed by atoms with Gasteiger partial charge < -0.3 is 19.7 Å². The van der Waals surface area contributed by atoms with Gasteiger partial charge in [-0.25, -0.2) is 0 Å². The van der Waals surface area contributed by atoms with E-state index in [9.17, 15) is 0 Å². The van der Waals surface area contributed by atoms with Crippen molar-refractivity contribution in [2.24, 2.45) is 0 Å². The van der Waals surface area contributed by atoms with E-state index in [1.165, 1.54) is 11.3 Å². The second-order valence-corrected chi connectivity index (χ2v) is 4.49. The third-order valence-electron chi connectivity index (χ3n) is 2.90. The van der Waals surface area contributed by atoms with Crippen molar-refractivity contribution in [1.29, 1.82) is 0 Å². The Balaban J connectivity index is 2.09. The summed E-state index contributed by atoms with van der Waals surface area (Å²) < 4.78 is 11.1. The molecule has 0 saturated heterocycles. The van der Waals surface area contributed by atoms with Crippen molar-refractivity contribution >= 4 is 5.69 Å². The van der Waals surface area contributed by atoms with E-state index in [1.807, 2.05) is 20.2 Å². The van der Waals surface area contributed by atoms with Crippen LogP contribution in [0.4, 0.5) is 5.69 Å². The van der Waals surface area contributed by atoms with Crippen LogP contribution >= 0.6 is 0 Å². The second kappa shape index (κ2) is 5.27. The van der Waals surface area contributed by atoms with Crippen LogP contribution in [0, 0.1) is 0 Å². The molecule has 1 aromatic carbocycles. The van der Waals surface area contributed by atoms with Gasteiger partial charge in [0.15, 0.2) is 11.5 Å². The maximum Gasteiger partial charge on any atom is 0.163 e. The Morgan fingerprint density at radius 3 is 2.82 bits per heavy atom. The van der Waals surface area contributed by atoms with Gasteiger partial charge in [-0.3, -0.25) is 0 Å². The molecule has 0 aromatic heterocycles. The lowest BCUT2D eigenvalue weighted by atomic mass is 10.1. The zero-order valence-electron chi connectivity index (χ0n) is 10.7. The Morgan fingerprint density at radius 2 is 2.12 bits per heavy atom. The van der Waals surface area contributed by atoms with Crippen molar-refractivity contribution in [2.75, 3.05) is 46.2 Å². The van der Waals surface area contributed by atoms with Gasteiger partial charge in [-0.15, -0.1) is 0 Å². The molecule has 1 heterocycles. The summed E-state index contributed by atoms with van der Waals surface area (Å²) in [6.07, 6.45) is 1.06. The number of rotatable bonds is 5. The second-order valence-electron chi connectivity index (χ2n) is 4.49. The number of nitrogens with zero attached hydrogens (tertiary/aromatic N) is 1. The highest BCUT2D eigenvalue weighted by molar-refractivity contribution is 5.63. The van der Waals surface area contributed by atoms with Crippen molar-refractivity contribution in [2.45, 2.75) is 6.42 Å². The fourth-order valence-corrected chi connectivity index (χ4v) is 1.92. The number of methoxy groups -OCH3 is 1. The van der Waals surface area contributed by atoms with Crippen molar-refractivity contribution in [1.82, 2.24) is 4.90 Å². The topological polar surface area (TPSA) is 33.7 Å². The van der Waals surface area contributed by atoms with E-state index in [0.29, 0.717) is 6.61 Å². The average Bonchev–Trinajstić information content (AvgIpc) is 2.74. The lowest BCUT2D eigenvalue weighted by Crippen LogP contribution is -2.19. The molecule has 4 nitrogen and oxygen atoms in total. The lowest BCUT2D eigenvalue weighted by Gasteiger charge is -2.14. The molecule has 1 aliphatic rings. The molecule has 0 atom stereocenters. The van der Waals surface area contributed by atoms with E-state index in [0.717, 1.165) is 31.0 Å². The molecule has 1 N–H and O–H groups in total. The van der Waals surface area contributed by atoms with Gasteiger partial charge >= 0.3 is 0 Å². The predicted molar refractivity (Wildman–Crippen MR) is 69.2 cm³/mol. The molecule has 0 aliphatic carbocycles. The van der Waals surface area contributed by atoms with E-state index in [4.69, 9.17) is 9.47 Å². The summed E-state index contributed by atoms with van der Waals surface area (Å²) in [4.78, 5) is 2.10. The molecule has 0 unspecified atom stereocenters. The Kier molecular flexibility index (Phi) is 3.74. The zero-order valence-corrected chi connectivity index (χ0v) is 10.7. The van der Waals surface area contributed by atoms with E-state index in [-0.39, 0.29) is 0 Å². The van der Waals surface area contributed by atoms with Gasteiger partial charge in [0, 0.05) is 24.8 Å². The van der Waals surface area contributed by atoms with Crippen molar-refractivity contribution < 1.29 is 9.47 Å². The molecular weight excluding hydrogens is 216 g/mol. The van der Waals surface area contributed by atoms with Gasteiger partial charge in [-0.2, -0.15) is 0 Å². The first-order valence-electron chi connectivity index (χ1n) is 5.93. The smallest absolute Gasteiger partial charge is 0.163 e. The summed E-state index contributed by atoms with van der Waals surface area (Å²) in [5, 5.41) is 3.35. The number of benzene rings is 1. The molecule has 0 radical (unpaired) electrons. The first kappa shape index (κ1) is 12.0. The van der Waals surface area contributed by atoms with Gasteiger partial charge in [0.1, 0.15) is 6.61 Å². The Labute approximate surface area is 103 Å². The molecule has 0 saturated carbocycles. The SMILES string of the molecule is COc1cc2c(cc1OCCN(C)C)NCC2. The molecule has 1 aromatic rings. The minimum absolute atomic E-state index is 0.669. The zero-order chi connectivity index (χ0) is 12.3. The number of hydrogen-bond acceptors (Lipinski definition) is 4. The van der Waals surface area contributed by atoms with Crippen molar-refractivity contribution in [3.63, 3.8) is 0 Å². The van der Waals surface area contributed by atoms with Crippen molar-refractivity contribution in [3.8, 4) is 11.5 Å². The van der Waals surface area contributed by atoms with Crippen molar-refractivity contribution in [3.05, 3.63) is 17.7 Å². The van der Waals surface area contributed by atoms with E-state index < -0.39 is 0 Å². The van der Waals surface area contributed by atoms with Crippen LogP contribution in [-0.4, -0.2) is 45.8 Å². The lowest BCUT2D eigenvalue weighted by molar-refractivity contribution is 0.251. The van der Waals surface area contributed by atoms with E-state index in [1.54, 1.807) is 7.11 Å². The molecular formula is C13H20N2O2. The van der Waals surface area contributed by atoms with Crippen LogP contribution in [0.3, 0.4) is 0 Å². The summed E-state index contributed by atoms with van der Waals surface area (Å²) in [5.74, 6) is 1.65. The molecule has 0 spiro atoms. The van der Waals surface area contributed by atoms with Gasteiger partial charge in [0.2, 0.25) is 0 Å². The van der Waals surface area contributed by atoms with Gasteiger partial charge in [-0.1, -0.05) is 0 Å². The van der Waals surface area contributed by atoms with Crippen LogP contribution < -0.4 is 14.8 Å². The number of nitrogens with one attached hydrogen (secondary N) is 1. The minimum Gasteiger partial charge on any atom is -0.493 e. The molecule has 0 bridgehead atoms. The summed E-state index contributed by atoms with van der Waals surface area (Å²) in [7, 11) is 5.75. The maximum absolute atomic E-state index is 5.76. The summed E-state index contributed by atoms with van der Waals surface area (Å²) in [6.45, 7) is 2.56.